The second-order valence-electron chi connectivity index (χ2n) is 8.75. The highest BCUT2D eigenvalue weighted by Crippen LogP contribution is 2.44. The van der Waals surface area contributed by atoms with Crippen LogP contribution in [-0.4, -0.2) is 55.9 Å². The van der Waals surface area contributed by atoms with E-state index in [-0.39, 0.29) is 23.9 Å². The van der Waals surface area contributed by atoms with Gasteiger partial charge in [0.2, 0.25) is 11.8 Å². The molecule has 2 amide bonds. The Balaban J connectivity index is 1.68. The first-order chi connectivity index (χ1) is 12.8. The molecule has 27 heavy (non-hydrogen) atoms. The number of nitrogens with zero attached hydrogens (tertiary/aromatic N) is 2. The van der Waals surface area contributed by atoms with Gasteiger partial charge in [-0.15, -0.1) is 0 Å². The number of aromatic nitrogens is 1. The molecule has 2 fully saturated rings. The van der Waals surface area contributed by atoms with Crippen LogP contribution in [0.2, 0.25) is 0 Å². The van der Waals surface area contributed by atoms with Crippen LogP contribution in [0, 0.1) is 0 Å². The summed E-state index contributed by atoms with van der Waals surface area (Å²) in [6.07, 6.45) is 2.56. The Kier molecular flexibility index (Phi) is 3.47. The summed E-state index contributed by atoms with van der Waals surface area (Å²) in [5.74, 6) is 0.101. The van der Waals surface area contributed by atoms with Crippen LogP contribution in [0.4, 0.5) is 0 Å². The fourth-order valence-electron chi connectivity index (χ4n) is 5.21. The number of para-hydroxylation sites is 1. The maximum Gasteiger partial charge on any atom is 0.246 e. The Bertz CT molecular complexity index is 942. The molecule has 3 aliphatic rings. The molecular formula is C21H25N3O3. The number of benzene rings is 1. The van der Waals surface area contributed by atoms with Gasteiger partial charge < -0.3 is 19.9 Å². The second kappa shape index (κ2) is 5.58. The van der Waals surface area contributed by atoms with E-state index in [0.29, 0.717) is 19.4 Å². The number of nitrogens with one attached hydrogen (secondary N) is 1. The SMILES string of the molecule is CC(C)(O)C[C@@H]1c2[nH]c3ccccc3c2C[C@H]2C(=O)N3CCC[C@H]3C(=O)N12. The van der Waals surface area contributed by atoms with Crippen LogP contribution in [0.3, 0.4) is 0 Å². The third-order valence-corrected chi connectivity index (χ3v) is 6.30. The Morgan fingerprint density at radius 1 is 1.19 bits per heavy atom. The lowest BCUT2D eigenvalue weighted by molar-refractivity contribution is -0.164. The standard InChI is InChI=1S/C21H25N3O3/c1-21(2,27)11-17-18-13(12-6-3-4-7-14(12)22-18)10-16-19(25)23-9-5-8-15(23)20(26)24(16)17/h3-4,6-7,15-17,22,27H,5,8-11H2,1-2H3/t15-,16-,17+/m0/s1. The van der Waals surface area contributed by atoms with E-state index in [2.05, 4.69) is 11.1 Å². The number of carbonyl (C=O) groups is 2. The molecule has 2 saturated heterocycles. The number of hydrogen-bond donors (Lipinski definition) is 2. The van der Waals surface area contributed by atoms with Gasteiger partial charge in [0.15, 0.2) is 0 Å². The van der Waals surface area contributed by atoms with Gasteiger partial charge in [-0.25, -0.2) is 0 Å². The monoisotopic (exact) mass is 367 g/mol. The van der Waals surface area contributed by atoms with Crippen LogP contribution in [0.25, 0.3) is 10.9 Å². The van der Waals surface area contributed by atoms with Gasteiger partial charge in [-0.05, 0) is 38.3 Å². The van der Waals surface area contributed by atoms with Crippen LogP contribution in [-0.2, 0) is 16.0 Å². The fourth-order valence-corrected chi connectivity index (χ4v) is 5.21. The molecule has 0 spiro atoms. The van der Waals surface area contributed by atoms with E-state index >= 15 is 0 Å². The van der Waals surface area contributed by atoms with Crippen LogP contribution in [0.1, 0.15) is 50.4 Å². The molecule has 0 unspecified atom stereocenters. The molecule has 4 heterocycles. The summed E-state index contributed by atoms with van der Waals surface area (Å²) in [6, 6.07) is 6.96. The van der Waals surface area contributed by atoms with Crippen LogP contribution < -0.4 is 0 Å². The zero-order valence-electron chi connectivity index (χ0n) is 15.7. The third-order valence-electron chi connectivity index (χ3n) is 6.30. The van der Waals surface area contributed by atoms with Crippen molar-refractivity contribution in [1.29, 1.82) is 0 Å². The molecule has 6 heteroatoms. The van der Waals surface area contributed by atoms with Gasteiger partial charge in [-0.1, -0.05) is 18.2 Å². The zero-order chi connectivity index (χ0) is 18.9. The molecule has 1 aromatic carbocycles. The van der Waals surface area contributed by atoms with E-state index in [0.717, 1.165) is 35.0 Å². The molecule has 2 aromatic rings. The van der Waals surface area contributed by atoms with E-state index in [4.69, 9.17) is 0 Å². The fraction of sp³-hybridized carbons (Fsp3) is 0.524. The molecule has 3 atom stereocenters. The predicted molar refractivity (Wildman–Crippen MR) is 101 cm³/mol. The van der Waals surface area contributed by atoms with Crippen molar-refractivity contribution in [3.8, 4) is 0 Å². The number of fused-ring (bicyclic) bond motifs is 5. The van der Waals surface area contributed by atoms with E-state index < -0.39 is 11.6 Å². The maximum absolute atomic E-state index is 13.3. The highest BCUT2D eigenvalue weighted by atomic mass is 16.3. The van der Waals surface area contributed by atoms with Crippen LogP contribution >= 0.6 is 0 Å². The Labute approximate surface area is 158 Å². The summed E-state index contributed by atoms with van der Waals surface area (Å²) < 4.78 is 0. The third kappa shape index (κ3) is 2.42. The van der Waals surface area contributed by atoms with Crippen LogP contribution in [0.5, 0.6) is 0 Å². The first-order valence-corrected chi connectivity index (χ1v) is 9.80. The first kappa shape index (κ1) is 16.8. The normalized spacial score (nSPS) is 27.7. The predicted octanol–water partition coefficient (Wildman–Crippen LogP) is 2.13. The summed E-state index contributed by atoms with van der Waals surface area (Å²) in [5, 5.41) is 11.7. The summed E-state index contributed by atoms with van der Waals surface area (Å²) >= 11 is 0. The average molecular weight is 367 g/mol. The lowest BCUT2D eigenvalue weighted by atomic mass is 9.84. The van der Waals surface area contributed by atoms with Gasteiger partial charge in [-0.2, -0.15) is 0 Å². The van der Waals surface area contributed by atoms with Crippen molar-refractivity contribution in [3.63, 3.8) is 0 Å². The summed E-state index contributed by atoms with van der Waals surface area (Å²) in [7, 11) is 0. The number of aromatic amines is 1. The number of aliphatic hydroxyl groups is 1. The Morgan fingerprint density at radius 3 is 2.74 bits per heavy atom. The quantitative estimate of drug-likeness (QED) is 0.854. The van der Waals surface area contributed by atoms with E-state index in [1.807, 2.05) is 18.2 Å². The van der Waals surface area contributed by atoms with Crippen molar-refractivity contribution in [2.24, 2.45) is 0 Å². The molecule has 0 radical (unpaired) electrons. The molecule has 0 bridgehead atoms. The molecule has 0 saturated carbocycles. The number of carbonyl (C=O) groups excluding carboxylic acids is 2. The van der Waals surface area contributed by atoms with Gasteiger partial charge >= 0.3 is 0 Å². The number of amides is 2. The van der Waals surface area contributed by atoms with Crippen molar-refractivity contribution in [3.05, 3.63) is 35.5 Å². The zero-order valence-corrected chi connectivity index (χ0v) is 15.7. The van der Waals surface area contributed by atoms with Crippen molar-refractivity contribution in [2.75, 3.05) is 6.54 Å². The van der Waals surface area contributed by atoms with Gasteiger partial charge in [0.25, 0.3) is 0 Å². The number of piperazine rings is 1. The Morgan fingerprint density at radius 2 is 1.96 bits per heavy atom. The molecule has 6 nitrogen and oxygen atoms in total. The molecule has 1 aromatic heterocycles. The van der Waals surface area contributed by atoms with Gasteiger partial charge in [0.05, 0.1) is 11.6 Å². The van der Waals surface area contributed by atoms with Crippen molar-refractivity contribution in [1.82, 2.24) is 14.8 Å². The molecule has 3 aliphatic heterocycles. The number of rotatable bonds is 2. The average Bonchev–Trinajstić information content (AvgIpc) is 3.23. The molecular weight excluding hydrogens is 342 g/mol. The summed E-state index contributed by atoms with van der Waals surface area (Å²) in [5.41, 5.74) is 2.16. The molecule has 0 aliphatic carbocycles. The second-order valence-corrected chi connectivity index (χ2v) is 8.75. The number of hydrogen-bond acceptors (Lipinski definition) is 3. The van der Waals surface area contributed by atoms with E-state index in [9.17, 15) is 14.7 Å². The molecule has 2 N–H and O–H groups in total. The van der Waals surface area contributed by atoms with Gasteiger partial charge in [-0.3, -0.25) is 9.59 Å². The summed E-state index contributed by atoms with van der Waals surface area (Å²) in [4.78, 5) is 33.6. The van der Waals surface area contributed by atoms with Gasteiger partial charge in [0.1, 0.15) is 12.1 Å². The number of H-pyrrole nitrogens is 1. The lowest BCUT2D eigenvalue weighted by Gasteiger charge is -2.49. The minimum absolute atomic E-state index is 0.0376. The van der Waals surface area contributed by atoms with Crippen molar-refractivity contribution in [2.45, 2.75) is 63.3 Å². The minimum atomic E-state index is -0.947. The Hall–Kier alpha value is -2.34. The lowest BCUT2D eigenvalue weighted by Crippen LogP contribution is -2.65. The highest BCUT2D eigenvalue weighted by Gasteiger charge is 2.53. The maximum atomic E-state index is 13.3. The van der Waals surface area contributed by atoms with E-state index in [1.165, 1.54) is 0 Å². The van der Waals surface area contributed by atoms with Crippen molar-refractivity contribution < 1.29 is 14.7 Å². The molecule has 142 valence electrons. The van der Waals surface area contributed by atoms with Crippen molar-refractivity contribution >= 4 is 22.7 Å². The summed E-state index contributed by atoms with van der Waals surface area (Å²) in [6.45, 7) is 4.20. The smallest absolute Gasteiger partial charge is 0.246 e. The van der Waals surface area contributed by atoms with Gasteiger partial charge in [0, 0.05) is 36.0 Å². The minimum Gasteiger partial charge on any atom is -0.390 e. The highest BCUT2D eigenvalue weighted by molar-refractivity contribution is 5.99. The largest absolute Gasteiger partial charge is 0.390 e. The van der Waals surface area contributed by atoms with Crippen LogP contribution in [0.15, 0.2) is 24.3 Å². The first-order valence-electron chi connectivity index (χ1n) is 9.80. The molecule has 5 rings (SSSR count). The topological polar surface area (TPSA) is 76.6 Å². The van der Waals surface area contributed by atoms with E-state index in [1.54, 1.807) is 23.6 Å².